The van der Waals surface area contributed by atoms with E-state index in [1.807, 2.05) is 19.1 Å². The maximum absolute atomic E-state index is 11.9. The first kappa shape index (κ1) is 15.0. The van der Waals surface area contributed by atoms with Gasteiger partial charge in [-0.05, 0) is 43.0 Å². The second-order valence-corrected chi connectivity index (χ2v) is 4.95. The summed E-state index contributed by atoms with van der Waals surface area (Å²) in [5, 5.41) is 12.3. The predicted molar refractivity (Wildman–Crippen MR) is 74.0 cm³/mol. The molecular weight excluding hydrogens is 250 g/mol. The van der Waals surface area contributed by atoms with Crippen molar-refractivity contribution in [2.24, 2.45) is 5.92 Å². The number of amides is 1. The summed E-state index contributed by atoms with van der Waals surface area (Å²) < 4.78 is 0. The van der Waals surface area contributed by atoms with Crippen LogP contribution >= 0.6 is 11.6 Å². The number of carbonyl (C=O) groups excluding carboxylic acids is 1. The summed E-state index contributed by atoms with van der Waals surface area (Å²) in [7, 11) is 0. The van der Waals surface area contributed by atoms with Crippen LogP contribution < -0.4 is 5.32 Å². The lowest BCUT2D eigenvalue weighted by Crippen LogP contribution is -2.29. The number of rotatable bonds is 6. The first-order valence-corrected chi connectivity index (χ1v) is 6.60. The van der Waals surface area contributed by atoms with Gasteiger partial charge in [-0.25, -0.2) is 0 Å². The van der Waals surface area contributed by atoms with E-state index in [9.17, 15) is 4.79 Å². The molecule has 0 bridgehead atoms. The summed E-state index contributed by atoms with van der Waals surface area (Å²) >= 11 is 5.92. The summed E-state index contributed by atoms with van der Waals surface area (Å²) in [5.41, 5.74) is 1.55. The maximum Gasteiger partial charge on any atom is 0.251 e. The Balaban J connectivity index is 2.59. The lowest BCUT2D eigenvalue weighted by molar-refractivity contribution is 0.0943. The molecule has 1 atom stereocenters. The molecule has 0 aromatic heterocycles. The van der Waals surface area contributed by atoms with Gasteiger partial charge in [0.05, 0.1) is 0 Å². The molecule has 1 aromatic carbocycles. The van der Waals surface area contributed by atoms with Gasteiger partial charge in [-0.2, -0.15) is 0 Å². The predicted octanol–water partition coefficient (Wildman–Crippen LogP) is 2.79. The molecule has 0 fully saturated rings. The minimum Gasteiger partial charge on any atom is -0.396 e. The van der Waals surface area contributed by atoms with E-state index in [0.29, 0.717) is 29.5 Å². The van der Waals surface area contributed by atoms with Crippen LogP contribution in [0.4, 0.5) is 0 Å². The van der Waals surface area contributed by atoms with Gasteiger partial charge in [-0.15, -0.1) is 0 Å². The quantitative estimate of drug-likeness (QED) is 0.834. The minimum absolute atomic E-state index is 0.114. The Morgan fingerprint density at radius 2 is 2.17 bits per heavy atom. The van der Waals surface area contributed by atoms with Gasteiger partial charge in [0.1, 0.15) is 0 Å². The fourth-order valence-electron chi connectivity index (χ4n) is 1.84. The minimum atomic E-state index is -0.114. The fraction of sp³-hybridized carbons (Fsp3) is 0.500. The summed E-state index contributed by atoms with van der Waals surface area (Å²) in [6.45, 7) is 4.70. The van der Waals surface area contributed by atoms with Crippen LogP contribution in [-0.4, -0.2) is 24.2 Å². The number of benzene rings is 1. The van der Waals surface area contributed by atoms with Crippen molar-refractivity contribution in [1.82, 2.24) is 5.32 Å². The zero-order valence-electron chi connectivity index (χ0n) is 10.9. The first-order chi connectivity index (χ1) is 8.56. The first-order valence-electron chi connectivity index (χ1n) is 6.23. The van der Waals surface area contributed by atoms with Crippen LogP contribution in [0.2, 0.25) is 5.02 Å². The van der Waals surface area contributed by atoms with Crippen molar-refractivity contribution in [1.29, 1.82) is 0 Å². The van der Waals surface area contributed by atoms with Crippen molar-refractivity contribution in [3.05, 3.63) is 34.3 Å². The number of carbonyl (C=O) groups is 1. The van der Waals surface area contributed by atoms with Crippen molar-refractivity contribution < 1.29 is 9.90 Å². The van der Waals surface area contributed by atoms with Gasteiger partial charge in [0.25, 0.3) is 5.91 Å². The third kappa shape index (κ3) is 4.67. The molecule has 0 aliphatic carbocycles. The van der Waals surface area contributed by atoms with Crippen molar-refractivity contribution in [2.45, 2.75) is 26.7 Å². The highest BCUT2D eigenvalue weighted by molar-refractivity contribution is 6.31. The molecular formula is C14H20ClNO2. The Kier molecular flexibility index (Phi) is 6.16. The SMILES string of the molecule is CCC(CCO)CNC(=O)c1cc(C)cc(Cl)c1. The summed E-state index contributed by atoms with van der Waals surface area (Å²) in [5.74, 6) is 0.205. The van der Waals surface area contributed by atoms with Crippen molar-refractivity contribution in [2.75, 3.05) is 13.2 Å². The lowest BCUT2D eigenvalue weighted by Gasteiger charge is -2.14. The molecule has 18 heavy (non-hydrogen) atoms. The standard InChI is InChI=1S/C14H20ClNO2/c1-3-11(4-5-17)9-16-14(18)12-6-10(2)7-13(15)8-12/h6-8,11,17H,3-5,9H2,1-2H3,(H,16,18). The molecule has 0 spiro atoms. The average molecular weight is 270 g/mol. The molecule has 1 unspecified atom stereocenters. The van der Waals surface area contributed by atoms with Gasteiger partial charge in [-0.3, -0.25) is 4.79 Å². The van der Waals surface area contributed by atoms with Crippen molar-refractivity contribution in [3.63, 3.8) is 0 Å². The molecule has 1 aromatic rings. The number of hydrogen-bond donors (Lipinski definition) is 2. The Hall–Kier alpha value is -1.06. The van der Waals surface area contributed by atoms with Gasteiger partial charge in [-0.1, -0.05) is 24.9 Å². The lowest BCUT2D eigenvalue weighted by atomic mass is 10.0. The van der Waals surface area contributed by atoms with Crippen molar-refractivity contribution >= 4 is 17.5 Å². The Bertz CT molecular complexity index is 387. The molecule has 0 radical (unpaired) electrons. The van der Waals surface area contributed by atoms with Gasteiger partial charge in [0.15, 0.2) is 0 Å². The monoisotopic (exact) mass is 269 g/mol. The Morgan fingerprint density at radius 1 is 1.44 bits per heavy atom. The van der Waals surface area contributed by atoms with Crippen LogP contribution in [0.25, 0.3) is 0 Å². The summed E-state index contributed by atoms with van der Waals surface area (Å²) in [4.78, 5) is 11.9. The molecule has 3 nitrogen and oxygen atoms in total. The van der Waals surface area contributed by atoms with Crippen LogP contribution in [0.1, 0.15) is 35.7 Å². The largest absolute Gasteiger partial charge is 0.396 e. The molecule has 2 N–H and O–H groups in total. The van der Waals surface area contributed by atoms with Crippen molar-refractivity contribution in [3.8, 4) is 0 Å². The highest BCUT2D eigenvalue weighted by Gasteiger charge is 2.10. The van der Waals surface area contributed by atoms with Crippen LogP contribution in [0.3, 0.4) is 0 Å². The smallest absolute Gasteiger partial charge is 0.251 e. The Morgan fingerprint density at radius 3 is 2.72 bits per heavy atom. The normalized spacial score (nSPS) is 12.2. The highest BCUT2D eigenvalue weighted by atomic mass is 35.5. The fourth-order valence-corrected chi connectivity index (χ4v) is 2.13. The van der Waals surface area contributed by atoms with E-state index >= 15 is 0 Å². The van der Waals surface area contributed by atoms with Gasteiger partial charge in [0, 0.05) is 23.7 Å². The zero-order valence-corrected chi connectivity index (χ0v) is 11.6. The van der Waals surface area contributed by atoms with Gasteiger partial charge >= 0.3 is 0 Å². The van der Waals surface area contributed by atoms with E-state index in [4.69, 9.17) is 16.7 Å². The second-order valence-electron chi connectivity index (χ2n) is 4.51. The van der Waals surface area contributed by atoms with E-state index in [1.165, 1.54) is 0 Å². The molecule has 4 heteroatoms. The number of halogens is 1. The molecule has 1 amide bonds. The maximum atomic E-state index is 11.9. The molecule has 100 valence electrons. The molecule has 0 aliphatic rings. The molecule has 0 saturated heterocycles. The number of aryl methyl sites for hydroxylation is 1. The topological polar surface area (TPSA) is 49.3 Å². The molecule has 0 aliphatic heterocycles. The van der Waals surface area contributed by atoms with E-state index in [0.717, 1.165) is 12.0 Å². The van der Waals surface area contributed by atoms with Crippen LogP contribution in [0.5, 0.6) is 0 Å². The third-order valence-corrected chi connectivity index (χ3v) is 3.19. The second kappa shape index (κ2) is 7.39. The number of hydrogen-bond acceptors (Lipinski definition) is 2. The summed E-state index contributed by atoms with van der Waals surface area (Å²) in [6, 6.07) is 5.30. The van der Waals surface area contributed by atoms with Gasteiger partial charge in [0.2, 0.25) is 0 Å². The third-order valence-electron chi connectivity index (χ3n) is 2.97. The van der Waals surface area contributed by atoms with E-state index in [1.54, 1.807) is 6.07 Å². The Labute approximate surface area is 113 Å². The number of nitrogens with one attached hydrogen (secondary N) is 1. The van der Waals surface area contributed by atoms with Crippen LogP contribution in [-0.2, 0) is 0 Å². The average Bonchev–Trinajstić information content (AvgIpc) is 2.32. The molecule has 1 rings (SSSR count). The molecule has 0 saturated carbocycles. The zero-order chi connectivity index (χ0) is 13.5. The highest BCUT2D eigenvalue weighted by Crippen LogP contribution is 2.14. The molecule has 0 heterocycles. The van der Waals surface area contributed by atoms with Crippen LogP contribution in [0, 0.1) is 12.8 Å². The van der Waals surface area contributed by atoms with E-state index in [2.05, 4.69) is 12.2 Å². The van der Waals surface area contributed by atoms with Crippen LogP contribution in [0.15, 0.2) is 18.2 Å². The van der Waals surface area contributed by atoms with E-state index < -0.39 is 0 Å². The summed E-state index contributed by atoms with van der Waals surface area (Å²) in [6.07, 6.45) is 1.65. The van der Waals surface area contributed by atoms with E-state index in [-0.39, 0.29) is 12.5 Å². The number of aliphatic hydroxyl groups excluding tert-OH is 1. The van der Waals surface area contributed by atoms with Gasteiger partial charge < -0.3 is 10.4 Å². The number of aliphatic hydroxyl groups is 1.